The van der Waals surface area contributed by atoms with Gasteiger partial charge in [0.15, 0.2) is 0 Å². The molecule has 0 bridgehead atoms. The van der Waals surface area contributed by atoms with Crippen molar-refractivity contribution in [1.29, 1.82) is 0 Å². The van der Waals surface area contributed by atoms with Gasteiger partial charge in [0.2, 0.25) is 0 Å². The highest BCUT2D eigenvalue weighted by atomic mass is 32.2. The van der Waals surface area contributed by atoms with Crippen LogP contribution in [0.1, 0.15) is 42.7 Å². The molecule has 0 amide bonds. The van der Waals surface area contributed by atoms with E-state index in [1.54, 1.807) is 12.7 Å². The van der Waals surface area contributed by atoms with Gasteiger partial charge in [0.05, 0.1) is 7.11 Å². The van der Waals surface area contributed by atoms with Crippen molar-refractivity contribution >= 4 is 11.8 Å². The van der Waals surface area contributed by atoms with Crippen molar-refractivity contribution in [2.75, 3.05) is 31.7 Å². The fourth-order valence-electron chi connectivity index (χ4n) is 3.64. The standard InChI is InChI=1S/C18H27NOS/c1-20-18-3-2-16(15-6-10-21-11-7-15)13-17(18)12-14-4-8-19-9-5-14/h2-3,13-15,19H,4-12H2,1H3. The Hall–Kier alpha value is -0.670. The topological polar surface area (TPSA) is 21.3 Å². The van der Waals surface area contributed by atoms with Gasteiger partial charge in [0, 0.05) is 0 Å². The summed E-state index contributed by atoms with van der Waals surface area (Å²) in [4.78, 5) is 0. The summed E-state index contributed by atoms with van der Waals surface area (Å²) in [7, 11) is 1.80. The van der Waals surface area contributed by atoms with Crippen molar-refractivity contribution in [2.24, 2.45) is 5.92 Å². The molecule has 2 nitrogen and oxygen atoms in total. The SMILES string of the molecule is COc1ccc(C2CCSCC2)cc1CC1CCNCC1. The van der Waals surface area contributed by atoms with Crippen LogP contribution in [-0.4, -0.2) is 31.7 Å². The molecule has 0 atom stereocenters. The van der Waals surface area contributed by atoms with Gasteiger partial charge in [-0.25, -0.2) is 0 Å². The van der Waals surface area contributed by atoms with Gasteiger partial charge in [-0.15, -0.1) is 0 Å². The van der Waals surface area contributed by atoms with Crippen LogP contribution in [0, 0.1) is 5.92 Å². The fourth-order valence-corrected chi connectivity index (χ4v) is 4.75. The molecule has 0 unspecified atom stereocenters. The second kappa shape index (κ2) is 7.55. The summed E-state index contributed by atoms with van der Waals surface area (Å²) in [5.41, 5.74) is 2.97. The maximum Gasteiger partial charge on any atom is 0.122 e. The Kier molecular flexibility index (Phi) is 5.48. The average molecular weight is 305 g/mol. The van der Waals surface area contributed by atoms with Crippen molar-refractivity contribution in [1.82, 2.24) is 5.32 Å². The van der Waals surface area contributed by atoms with E-state index in [1.807, 2.05) is 0 Å². The number of thioether (sulfide) groups is 1. The molecule has 2 aliphatic heterocycles. The van der Waals surface area contributed by atoms with Crippen LogP contribution in [-0.2, 0) is 6.42 Å². The zero-order valence-electron chi connectivity index (χ0n) is 13.1. The van der Waals surface area contributed by atoms with Crippen LogP contribution < -0.4 is 10.1 Å². The van der Waals surface area contributed by atoms with Crippen LogP contribution >= 0.6 is 11.8 Å². The highest BCUT2D eigenvalue weighted by Gasteiger charge is 2.19. The number of hydrogen-bond donors (Lipinski definition) is 1. The molecule has 0 aromatic heterocycles. The van der Waals surface area contributed by atoms with Gasteiger partial charge in [0.1, 0.15) is 5.75 Å². The first-order valence-corrected chi connectivity index (χ1v) is 9.47. The maximum atomic E-state index is 5.61. The first-order chi connectivity index (χ1) is 10.4. The van der Waals surface area contributed by atoms with Gasteiger partial charge in [-0.2, -0.15) is 11.8 Å². The third kappa shape index (κ3) is 3.95. The van der Waals surface area contributed by atoms with Gasteiger partial charge >= 0.3 is 0 Å². The van der Waals surface area contributed by atoms with E-state index in [2.05, 4.69) is 35.3 Å². The van der Waals surface area contributed by atoms with Crippen molar-refractivity contribution in [2.45, 2.75) is 38.0 Å². The van der Waals surface area contributed by atoms with Crippen molar-refractivity contribution in [3.63, 3.8) is 0 Å². The molecule has 0 saturated carbocycles. The molecule has 0 spiro atoms. The Bertz CT molecular complexity index is 451. The van der Waals surface area contributed by atoms with Crippen molar-refractivity contribution in [3.8, 4) is 5.75 Å². The average Bonchev–Trinajstić information content (AvgIpc) is 2.56. The molecule has 21 heavy (non-hydrogen) atoms. The zero-order valence-corrected chi connectivity index (χ0v) is 13.9. The molecule has 1 aromatic carbocycles. The second-order valence-corrected chi connectivity index (χ2v) is 7.58. The summed E-state index contributed by atoms with van der Waals surface area (Å²) >= 11 is 2.10. The zero-order chi connectivity index (χ0) is 14.5. The van der Waals surface area contributed by atoms with Crippen molar-refractivity contribution < 1.29 is 4.74 Å². The summed E-state index contributed by atoms with van der Waals surface area (Å²) < 4.78 is 5.61. The van der Waals surface area contributed by atoms with E-state index >= 15 is 0 Å². The quantitative estimate of drug-likeness (QED) is 0.913. The molecule has 1 N–H and O–H groups in total. The third-order valence-electron chi connectivity index (χ3n) is 4.96. The largest absolute Gasteiger partial charge is 0.496 e. The lowest BCUT2D eigenvalue weighted by Gasteiger charge is -2.25. The Morgan fingerprint density at radius 3 is 2.62 bits per heavy atom. The molecule has 0 radical (unpaired) electrons. The Morgan fingerprint density at radius 1 is 1.14 bits per heavy atom. The summed E-state index contributed by atoms with van der Waals surface area (Å²) in [5, 5.41) is 3.46. The van der Waals surface area contributed by atoms with Crippen LogP contribution in [0.2, 0.25) is 0 Å². The van der Waals surface area contributed by atoms with Crippen LogP contribution in [0.3, 0.4) is 0 Å². The lowest BCUT2D eigenvalue weighted by molar-refractivity contribution is 0.361. The van der Waals surface area contributed by atoms with Gasteiger partial charge in [0.25, 0.3) is 0 Å². The highest BCUT2D eigenvalue weighted by molar-refractivity contribution is 7.99. The molecule has 3 heteroatoms. The summed E-state index contributed by atoms with van der Waals surface area (Å²) in [6, 6.07) is 6.94. The number of benzene rings is 1. The molecule has 3 rings (SSSR count). The van der Waals surface area contributed by atoms with Gasteiger partial charge < -0.3 is 10.1 Å². The summed E-state index contributed by atoms with van der Waals surface area (Å²) in [5.74, 6) is 5.31. The van der Waals surface area contributed by atoms with Gasteiger partial charge in [-0.3, -0.25) is 0 Å². The van der Waals surface area contributed by atoms with Gasteiger partial charge in [-0.1, -0.05) is 12.1 Å². The van der Waals surface area contributed by atoms with E-state index in [9.17, 15) is 0 Å². The minimum absolute atomic E-state index is 0.768. The molecular weight excluding hydrogens is 278 g/mol. The normalized spacial score (nSPS) is 21.4. The second-order valence-electron chi connectivity index (χ2n) is 6.36. The summed E-state index contributed by atoms with van der Waals surface area (Å²) in [6.45, 7) is 2.35. The van der Waals surface area contributed by atoms with E-state index in [1.165, 1.54) is 62.3 Å². The van der Waals surface area contributed by atoms with Crippen LogP contribution in [0.4, 0.5) is 0 Å². The number of ether oxygens (including phenoxy) is 1. The minimum atomic E-state index is 0.768. The Labute approximate surface area is 133 Å². The molecule has 1 aromatic rings. The monoisotopic (exact) mass is 305 g/mol. The van der Waals surface area contributed by atoms with E-state index in [0.29, 0.717) is 0 Å². The Balaban J connectivity index is 1.75. The molecular formula is C18H27NOS. The number of nitrogens with one attached hydrogen (secondary N) is 1. The number of piperidine rings is 1. The van der Waals surface area contributed by atoms with Crippen molar-refractivity contribution in [3.05, 3.63) is 29.3 Å². The van der Waals surface area contributed by atoms with E-state index in [0.717, 1.165) is 17.6 Å². The fraction of sp³-hybridized carbons (Fsp3) is 0.667. The summed E-state index contributed by atoms with van der Waals surface area (Å²) in [6.07, 6.45) is 6.45. The lowest BCUT2D eigenvalue weighted by atomic mass is 9.87. The molecule has 116 valence electrons. The van der Waals surface area contributed by atoms with Crippen LogP contribution in [0.15, 0.2) is 18.2 Å². The number of hydrogen-bond acceptors (Lipinski definition) is 3. The predicted molar refractivity (Wildman–Crippen MR) is 91.6 cm³/mol. The van der Waals surface area contributed by atoms with E-state index < -0.39 is 0 Å². The van der Waals surface area contributed by atoms with E-state index in [-0.39, 0.29) is 0 Å². The first kappa shape index (κ1) is 15.2. The van der Waals surface area contributed by atoms with E-state index in [4.69, 9.17) is 4.74 Å². The number of rotatable bonds is 4. The predicted octanol–water partition coefficient (Wildman–Crippen LogP) is 3.85. The molecule has 2 aliphatic rings. The smallest absolute Gasteiger partial charge is 0.122 e. The van der Waals surface area contributed by atoms with Crippen LogP contribution in [0.25, 0.3) is 0 Å². The highest BCUT2D eigenvalue weighted by Crippen LogP contribution is 2.35. The van der Waals surface area contributed by atoms with Crippen LogP contribution in [0.5, 0.6) is 5.75 Å². The Morgan fingerprint density at radius 2 is 1.90 bits per heavy atom. The maximum absolute atomic E-state index is 5.61. The van der Waals surface area contributed by atoms with Gasteiger partial charge in [-0.05, 0) is 85.7 Å². The molecule has 2 fully saturated rings. The molecule has 0 aliphatic carbocycles. The molecule has 2 saturated heterocycles. The first-order valence-electron chi connectivity index (χ1n) is 8.32. The number of methoxy groups -OCH3 is 1. The minimum Gasteiger partial charge on any atom is -0.496 e. The third-order valence-corrected chi connectivity index (χ3v) is 6.01. The lowest BCUT2D eigenvalue weighted by Crippen LogP contribution is -2.28. The molecule has 2 heterocycles.